The molecule has 1 unspecified atom stereocenters. The topological polar surface area (TPSA) is 70.7 Å². The molecule has 2 heterocycles. The maximum absolute atomic E-state index is 13.2. The summed E-state index contributed by atoms with van der Waals surface area (Å²) in [6.07, 6.45) is 9.34. The molecule has 2 N–H and O–H groups in total. The van der Waals surface area contributed by atoms with Crippen LogP contribution in [-0.4, -0.2) is 42.0 Å². The molecule has 0 spiro atoms. The summed E-state index contributed by atoms with van der Waals surface area (Å²) < 4.78 is 5.39. The summed E-state index contributed by atoms with van der Waals surface area (Å²) in [5.41, 5.74) is 2.87. The van der Waals surface area contributed by atoms with Gasteiger partial charge in [-0.25, -0.2) is 4.79 Å². The Morgan fingerprint density at radius 1 is 1.11 bits per heavy atom. The number of hydrogen-bond acceptors (Lipinski definition) is 6. The van der Waals surface area contributed by atoms with Gasteiger partial charge in [0.25, 0.3) is 0 Å². The first-order valence-electron chi connectivity index (χ1n) is 13.2. The van der Waals surface area contributed by atoms with E-state index in [0.717, 1.165) is 49.3 Å². The summed E-state index contributed by atoms with van der Waals surface area (Å²) >= 11 is 1.53. The third-order valence-electron chi connectivity index (χ3n) is 7.09. The van der Waals surface area contributed by atoms with Crippen molar-refractivity contribution in [2.75, 3.05) is 18.5 Å². The van der Waals surface area contributed by atoms with E-state index < -0.39 is 0 Å². The second kappa shape index (κ2) is 12.7. The predicted octanol–water partition coefficient (Wildman–Crippen LogP) is 5.51. The summed E-state index contributed by atoms with van der Waals surface area (Å²) in [5, 5.41) is 7.26. The second-order valence-electron chi connectivity index (χ2n) is 9.79. The zero-order valence-corrected chi connectivity index (χ0v) is 21.9. The van der Waals surface area contributed by atoms with Crippen LogP contribution < -0.4 is 10.6 Å². The number of carbonyl (C=O) groups excluding carboxylic acids is 2. The number of rotatable bonds is 8. The van der Waals surface area contributed by atoms with E-state index in [1.54, 1.807) is 0 Å². The summed E-state index contributed by atoms with van der Waals surface area (Å²) in [5.74, 6) is -0.421. The van der Waals surface area contributed by atoms with Crippen molar-refractivity contribution in [2.24, 2.45) is 0 Å². The van der Waals surface area contributed by atoms with Gasteiger partial charge in [0.2, 0.25) is 5.91 Å². The maximum atomic E-state index is 13.2. The van der Waals surface area contributed by atoms with Gasteiger partial charge < -0.3 is 15.4 Å². The largest absolute Gasteiger partial charge is 0.462 e. The number of anilines is 1. The van der Waals surface area contributed by atoms with Gasteiger partial charge in [-0.15, -0.1) is 11.3 Å². The van der Waals surface area contributed by atoms with Gasteiger partial charge in [-0.1, -0.05) is 62.4 Å². The molecule has 1 aromatic heterocycles. The third kappa shape index (κ3) is 6.93. The van der Waals surface area contributed by atoms with E-state index in [0.29, 0.717) is 23.2 Å². The van der Waals surface area contributed by atoms with Crippen LogP contribution >= 0.6 is 11.3 Å². The molecule has 0 radical (unpaired) electrons. The first kappa shape index (κ1) is 25.9. The summed E-state index contributed by atoms with van der Waals surface area (Å²) in [6, 6.07) is 10.5. The van der Waals surface area contributed by atoms with Crippen LogP contribution in [0.15, 0.2) is 30.3 Å². The molecule has 4 rings (SSSR count). The van der Waals surface area contributed by atoms with Crippen LogP contribution in [0.5, 0.6) is 0 Å². The fraction of sp³-hybridized carbons (Fsp3) is 0.571. The molecule has 1 aromatic carbocycles. The highest BCUT2D eigenvalue weighted by atomic mass is 32.1. The van der Waals surface area contributed by atoms with Crippen LogP contribution in [0.25, 0.3) is 0 Å². The quantitative estimate of drug-likeness (QED) is 0.471. The van der Waals surface area contributed by atoms with Crippen molar-refractivity contribution in [3.8, 4) is 0 Å². The Labute approximate surface area is 213 Å². The zero-order valence-electron chi connectivity index (χ0n) is 21.1. The molecule has 1 aliphatic carbocycles. The van der Waals surface area contributed by atoms with E-state index in [9.17, 15) is 9.59 Å². The van der Waals surface area contributed by atoms with Gasteiger partial charge in [0.15, 0.2) is 0 Å². The molecule has 35 heavy (non-hydrogen) atoms. The Bertz CT molecular complexity index is 983. The van der Waals surface area contributed by atoms with Gasteiger partial charge >= 0.3 is 5.97 Å². The molecule has 2 aromatic rings. The normalized spacial score (nSPS) is 18.2. The van der Waals surface area contributed by atoms with Crippen molar-refractivity contribution in [3.63, 3.8) is 0 Å². The average Bonchev–Trinajstić information content (AvgIpc) is 3.18. The van der Waals surface area contributed by atoms with Crippen molar-refractivity contribution in [3.05, 3.63) is 51.9 Å². The first-order chi connectivity index (χ1) is 17.0. The minimum absolute atomic E-state index is 0.0858. The summed E-state index contributed by atoms with van der Waals surface area (Å²) in [4.78, 5) is 29.6. The van der Waals surface area contributed by atoms with E-state index >= 15 is 0 Å². The molecule has 0 bridgehead atoms. The minimum atomic E-state index is -0.336. The minimum Gasteiger partial charge on any atom is -0.462 e. The Balaban J connectivity index is 1.46. The van der Waals surface area contributed by atoms with Crippen molar-refractivity contribution >= 4 is 28.2 Å². The number of benzene rings is 1. The van der Waals surface area contributed by atoms with Gasteiger partial charge in [-0.3, -0.25) is 9.69 Å². The van der Waals surface area contributed by atoms with Crippen LogP contribution in [0.3, 0.4) is 0 Å². The lowest BCUT2D eigenvalue weighted by molar-refractivity contribution is -0.118. The smallest absolute Gasteiger partial charge is 0.341 e. The van der Waals surface area contributed by atoms with Gasteiger partial charge in [-0.2, -0.15) is 0 Å². The van der Waals surface area contributed by atoms with Crippen molar-refractivity contribution in [1.82, 2.24) is 10.2 Å². The molecule has 0 saturated heterocycles. The number of thiophene rings is 1. The fourth-order valence-corrected chi connectivity index (χ4v) is 6.49. The molecular formula is C28H39N3O3S. The van der Waals surface area contributed by atoms with Gasteiger partial charge in [-0.05, 0) is 44.2 Å². The molecule has 190 valence electrons. The molecule has 6 nitrogen and oxygen atoms in total. The summed E-state index contributed by atoms with van der Waals surface area (Å²) in [6.45, 7) is 6.57. The van der Waals surface area contributed by atoms with E-state index in [2.05, 4.69) is 39.8 Å². The van der Waals surface area contributed by atoms with Gasteiger partial charge in [0.1, 0.15) is 5.00 Å². The predicted molar refractivity (Wildman–Crippen MR) is 142 cm³/mol. The number of carbonyl (C=O) groups is 2. The maximum Gasteiger partial charge on any atom is 0.341 e. The molecular weight excluding hydrogens is 458 g/mol. The molecule has 1 atom stereocenters. The monoisotopic (exact) mass is 497 g/mol. The lowest BCUT2D eigenvalue weighted by atomic mass is 9.96. The number of nitrogens with zero attached hydrogens (tertiary/aromatic N) is 1. The highest BCUT2D eigenvalue weighted by Crippen LogP contribution is 2.38. The van der Waals surface area contributed by atoms with Crippen LogP contribution in [-0.2, 0) is 29.0 Å². The highest BCUT2D eigenvalue weighted by Gasteiger charge is 2.30. The van der Waals surface area contributed by atoms with Crippen LogP contribution in [0, 0.1) is 0 Å². The Morgan fingerprint density at radius 3 is 2.54 bits per heavy atom. The van der Waals surface area contributed by atoms with E-state index in [-0.39, 0.29) is 17.9 Å². The van der Waals surface area contributed by atoms with Crippen molar-refractivity contribution in [1.29, 1.82) is 0 Å². The lowest BCUT2D eigenvalue weighted by Gasteiger charge is -2.27. The van der Waals surface area contributed by atoms with E-state index in [1.165, 1.54) is 49.0 Å². The van der Waals surface area contributed by atoms with E-state index in [4.69, 9.17) is 4.74 Å². The second-order valence-corrected chi connectivity index (χ2v) is 10.9. The molecule has 1 saturated carbocycles. The number of esters is 1. The van der Waals surface area contributed by atoms with Crippen LogP contribution in [0.2, 0.25) is 0 Å². The molecule has 1 aliphatic heterocycles. The van der Waals surface area contributed by atoms with E-state index in [1.807, 2.05) is 19.9 Å². The highest BCUT2D eigenvalue weighted by molar-refractivity contribution is 7.17. The number of hydrogen-bond donors (Lipinski definition) is 2. The molecule has 1 amide bonds. The van der Waals surface area contributed by atoms with Crippen molar-refractivity contribution in [2.45, 2.75) is 90.4 Å². The number of nitrogens with one attached hydrogen (secondary N) is 2. The molecule has 7 heteroatoms. The standard InChI is InChI=1S/C28H39N3O3S/c1-3-34-28(33)25-23-16-17-31(18-21-12-8-7-9-13-21)19-24(23)35-27(25)30-26(32)20(2)29-22-14-10-5-4-6-11-15-22/h7-9,12-13,20,22,29H,3-6,10-11,14-19H2,1-2H3,(H,30,32). The van der Waals surface area contributed by atoms with Crippen LogP contribution in [0.4, 0.5) is 5.00 Å². The molecule has 2 aliphatic rings. The fourth-order valence-electron chi connectivity index (χ4n) is 5.21. The molecule has 1 fully saturated rings. The van der Waals surface area contributed by atoms with Gasteiger partial charge in [0, 0.05) is 30.6 Å². The van der Waals surface area contributed by atoms with Crippen molar-refractivity contribution < 1.29 is 14.3 Å². The Hall–Kier alpha value is -2.22. The Morgan fingerprint density at radius 2 is 1.83 bits per heavy atom. The van der Waals surface area contributed by atoms with Gasteiger partial charge in [0.05, 0.1) is 18.2 Å². The number of ether oxygens (including phenoxy) is 1. The van der Waals surface area contributed by atoms with Crippen LogP contribution in [0.1, 0.15) is 85.2 Å². The SMILES string of the molecule is CCOC(=O)c1c(NC(=O)C(C)NC2CCCCCCC2)sc2c1CCN(Cc1ccccc1)C2. The third-order valence-corrected chi connectivity index (χ3v) is 8.22. The zero-order chi connectivity index (χ0) is 24.6. The lowest BCUT2D eigenvalue weighted by Crippen LogP contribution is -2.44. The first-order valence-corrected chi connectivity index (χ1v) is 14.0. The number of fused-ring (bicyclic) bond motifs is 1. The average molecular weight is 498 g/mol. The number of amides is 1. The Kier molecular flexibility index (Phi) is 9.35. The summed E-state index contributed by atoms with van der Waals surface area (Å²) in [7, 11) is 0.